The maximum atomic E-state index is 14.1. The number of hydrogen-bond donors (Lipinski definition) is 3. The highest BCUT2D eigenvalue weighted by Crippen LogP contribution is 2.47. The first kappa shape index (κ1) is 33.5. The zero-order chi connectivity index (χ0) is 34.0. The van der Waals surface area contributed by atoms with E-state index in [-0.39, 0.29) is 47.3 Å². The molecule has 2 aliphatic heterocycles. The molecular formula is C40H50N4O5. The van der Waals surface area contributed by atoms with Crippen LogP contribution in [0.25, 0.3) is 0 Å². The number of pyridine rings is 1. The van der Waals surface area contributed by atoms with E-state index in [1.807, 2.05) is 30.3 Å². The van der Waals surface area contributed by atoms with Crippen LogP contribution in [-0.4, -0.2) is 52.3 Å². The predicted molar refractivity (Wildman–Crippen MR) is 190 cm³/mol. The Morgan fingerprint density at radius 3 is 2.49 bits per heavy atom. The van der Waals surface area contributed by atoms with Crippen LogP contribution in [0.4, 0.5) is 5.69 Å². The number of carbonyl (C=O) groups is 2. The number of fused-ring (bicyclic) bond motifs is 1. The highest BCUT2D eigenvalue weighted by atomic mass is 16.5. The number of rotatable bonds is 11. The molecule has 2 saturated carbocycles. The molecule has 2 amide bonds. The molecule has 49 heavy (non-hydrogen) atoms. The van der Waals surface area contributed by atoms with Gasteiger partial charge in [-0.15, -0.1) is 0 Å². The molecule has 7 rings (SSSR count). The van der Waals surface area contributed by atoms with Gasteiger partial charge in [-0.1, -0.05) is 62.2 Å². The van der Waals surface area contributed by atoms with Gasteiger partial charge < -0.3 is 29.9 Å². The van der Waals surface area contributed by atoms with Crippen molar-refractivity contribution in [1.29, 1.82) is 0 Å². The number of ether oxygens (including phenoxy) is 1. The molecule has 2 aromatic carbocycles. The van der Waals surface area contributed by atoms with E-state index in [0.717, 1.165) is 81.1 Å². The van der Waals surface area contributed by atoms with Gasteiger partial charge in [0.25, 0.3) is 11.5 Å². The van der Waals surface area contributed by atoms with Crippen molar-refractivity contribution in [2.45, 2.75) is 120 Å². The Morgan fingerprint density at radius 1 is 1.00 bits per heavy atom. The summed E-state index contributed by atoms with van der Waals surface area (Å²) in [5.41, 5.74) is 3.58. The van der Waals surface area contributed by atoms with E-state index in [9.17, 15) is 19.5 Å². The summed E-state index contributed by atoms with van der Waals surface area (Å²) in [7, 11) is 0. The Hall–Kier alpha value is -3.95. The minimum absolute atomic E-state index is 0.00495. The molecule has 3 aromatic rings. The first-order valence-electron chi connectivity index (χ1n) is 18.5. The second-order valence-electron chi connectivity index (χ2n) is 14.6. The normalized spacial score (nSPS) is 21.5. The fourth-order valence-corrected chi connectivity index (χ4v) is 8.52. The molecule has 0 unspecified atom stereocenters. The van der Waals surface area contributed by atoms with Gasteiger partial charge in [0.2, 0.25) is 5.91 Å². The topological polar surface area (TPSA) is 113 Å². The molecule has 1 aromatic heterocycles. The van der Waals surface area contributed by atoms with Gasteiger partial charge in [-0.3, -0.25) is 14.4 Å². The number of carbonyl (C=O) groups excluding carboxylic acids is 2. The Morgan fingerprint density at radius 2 is 1.78 bits per heavy atom. The Labute approximate surface area is 289 Å². The Bertz CT molecular complexity index is 1710. The summed E-state index contributed by atoms with van der Waals surface area (Å²) in [6.07, 6.45) is 12.2. The summed E-state index contributed by atoms with van der Waals surface area (Å²) in [5, 5.41) is 18.7. The zero-order valence-electron chi connectivity index (χ0n) is 28.7. The third-order valence-electron chi connectivity index (χ3n) is 11.3. The molecule has 4 aliphatic rings. The second kappa shape index (κ2) is 14.5. The first-order valence-corrected chi connectivity index (χ1v) is 18.5. The lowest BCUT2D eigenvalue weighted by molar-refractivity contribution is -0.117. The maximum Gasteiger partial charge on any atom is 0.274 e. The summed E-state index contributed by atoms with van der Waals surface area (Å²) >= 11 is 0. The van der Waals surface area contributed by atoms with Crippen LogP contribution in [0.5, 0.6) is 5.75 Å². The van der Waals surface area contributed by atoms with Crippen molar-refractivity contribution < 1.29 is 19.4 Å². The maximum absolute atomic E-state index is 14.1. The number of nitrogens with one attached hydrogen (secondary N) is 2. The van der Waals surface area contributed by atoms with E-state index < -0.39 is 12.1 Å². The van der Waals surface area contributed by atoms with E-state index in [0.29, 0.717) is 31.4 Å². The van der Waals surface area contributed by atoms with Gasteiger partial charge in [-0.25, -0.2) is 0 Å². The lowest BCUT2D eigenvalue weighted by Crippen LogP contribution is -2.50. The van der Waals surface area contributed by atoms with Crippen LogP contribution in [0.2, 0.25) is 0 Å². The number of aliphatic hydroxyl groups is 1. The quantitative estimate of drug-likeness (QED) is 0.239. The molecule has 3 N–H and O–H groups in total. The van der Waals surface area contributed by atoms with Crippen molar-refractivity contribution in [2.75, 3.05) is 18.0 Å². The molecule has 3 heterocycles. The van der Waals surface area contributed by atoms with Crippen LogP contribution in [0.1, 0.15) is 117 Å². The van der Waals surface area contributed by atoms with Crippen molar-refractivity contribution in [2.24, 2.45) is 0 Å². The third-order valence-corrected chi connectivity index (χ3v) is 11.3. The smallest absolute Gasteiger partial charge is 0.274 e. The molecule has 1 spiro atoms. The summed E-state index contributed by atoms with van der Waals surface area (Å²) in [5.74, 6) is 0.473. The van der Waals surface area contributed by atoms with Gasteiger partial charge >= 0.3 is 0 Å². The van der Waals surface area contributed by atoms with E-state index in [2.05, 4.69) is 35.8 Å². The Balaban J connectivity index is 1.14. The summed E-state index contributed by atoms with van der Waals surface area (Å²) in [4.78, 5) is 42.1. The lowest BCUT2D eigenvalue weighted by atomic mass is 9.85. The molecule has 1 saturated heterocycles. The number of aromatic nitrogens is 1. The minimum Gasteiger partial charge on any atom is -0.487 e. The molecule has 9 heteroatoms. The summed E-state index contributed by atoms with van der Waals surface area (Å²) < 4.78 is 8.32. The van der Waals surface area contributed by atoms with E-state index in [4.69, 9.17) is 4.74 Å². The highest BCUT2D eigenvalue weighted by Gasteiger charge is 2.43. The standard InChI is InChI=1S/C40H50N4O5/c1-2-27-16-17-36-31(21-27)33(24-40(49-36)18-8-9-19-40)41-25-35(45)32(22-28-11-4-3-5-12-28)42-38(47)29-23-34(43-20-10-15-37(43)46)39(48)44(26-29)30-13-6-7-14-30/h3-5,11-12,16-17,21,23,26,30,32-33,35,41,45H,2,6-10,13-15,18-20,22,24-25H2,1H3,(H,42,47)/t32-,33-,35+/m0/s1. The number of amides is 2. The Kier molecular flexibility index (Phi) is 9.92. The zero-order valence-corrected chi connectivity index (χ0v) is 28.7. The fourth-order valence-electron chi connectivity index (χ4n) is 8.52. The van der Waals surface area contributed by atoms with E-state index in [1.54, 1.807) is 16.8 Å². The first-order chi connectivity index (χ1) is 23.8. The number of aryl methyl sites for hydroxylation is 1. The SMILES string of the molecule is CCc1ccc2c(c1)[C@@H](NC[C@@H](O)[C@H](Cc1ccccc1)NC(=O)c1cc(N3CCCC3=O)c(=O)n(C3CCCC3)c1)CC1(CCCC1)O2. The summed E-state index contributed by atoms with van der Waals surface area (Å²) in [6, 6.07) is 17.3. The summed E-state index contributed by atoms with van der Waals surface area (Å²) in [6.45, 7) is 2.91. The van der Waals surface area contributed by atoms with Crippen LogP contribution in [0, 0.1) is 0 Å². The number of anilines is 1. The molecule has 260 valence electrons. The highest BCUT2D eigenvalue weighted by molar-refractivity contribution is 5.98. The predicted octanol–water partition coefficient (Wildman–Crippen LogP) is 5.78. The molecule has 2 aliphatic carbocycles. The molecule has 3 fully saturated rings. The van der Waals surface area contributed by atoms with Gasteiger partial charge in [0.15, 0.2) is 0 Å². The van der Waals surface area contributed by atoms with Crippen LogP contribution in [0.3, 0.4) is 0 Å². The minimum atomic E-state index is -0.898. The van der Waals surface area contributed by atoms with Gasteiger partial charge in [0.05, 0.1) is 17.7 Å². The van der Waals surface area contributed by atoms with Crippen LogP contribution >= 0.6 is 0 Å². The van der Waals surface area contributed by atoms with Crippen molar-refractivity contribution >= 4 is 17.5 Å². The van der Waals surface area contributed by atoms with Crippen molar-refractivity contribution in [3.05, 3.63) is 93.4 Å². The van der Waals surface area contributed by atoms with Crippen molar-refractivity contribution in [3.63, 3.8) is 0 Å². The molecular weight excluding hydrogens is 616 g/mol. The third kappa shape index (κ3) is 7.19. The van der Waals surface area contributed by atoms with Gasteiger partial charge in [0.1, 0.15) is 17.0 Å². The van der Waals surface area contributed by atoms with E-state index >= 15 is 0 Å². The lowest BCUT2D eigenvalue weighted by Gasteiger charge is -2.41. The average Bonchev–Trinajstić information content (AvgIpc) is 3.91. The largest absolute Gasteiger partial charge is 0.487 e. The van der Waals surface area contributed by atoms with E-state index in [1.165, 1.54) is 10.5 Å². The molecule has 0 radical (unpaired) electrons. The van der Waals surface area contributed by atoms with Gasteiger partial charge in [-0.2, -0.15) is 0 Å². The van der Waals surface area contributed by atoms with Crippen molar-refractivity contribution in [1.82, 2.24) is 15.2 Å². The van der Waals surface area contributed by atoms with Crippen molar-refractivity contribution in [3.8, 4) is 5.75 Å². The number of aliphatic hydroxyl groups excluding tert-OH is 1. The number of benzene rings is 2. The molecule has 0 bridgehead atoms. The monoisotopic (exact) mass is 666 g/mol. The van der Waals surface area contributed by atoms with Crippen LogP contribution < -0.4 is 25.8 Å². The average molecular weight is 667 g/mol. The molecule has 9 nitrogen and oxygen atoms in total. The van der Waals surface area contributed by atoms with Crippen LogP contribution in [-0.2, 0) is 17.6 Å². The molecule has 3 atom stereocenters. The fraction of sp³-hybridized carbons (Fsp3) is 0.525. The van der Waals surface area contributed by atoms with Crippen LogP contribution in [0.15, 0.2) is 65.6 Å². The van der Waals surface area contributed by atoms with Gasteiger partial charge in [-0.05, 0) is 81.0 Å². The number of hydrogen-bond acceptors (Lipinski definition) is 6. The number of nitrogens with zero attached hydrogens (tertiary/aromatic N) is 2. The van der Waals surface area contributed by atoms with Gasteiger partial charge in [0, 0.05) is 49.8 Å². The second-order valence-corrected chi connectivity index (χ2v) is 14.6.